The zero-order valence-electron chi connectivity index (χ0n) is 19.9. The van der Waals surface area contributed by atoms with Crippen LogP contribution >= 0.6 is 63.7 Å². The van der Waals surface area contributed by atoms with Crippen LogP contribution in [0.25, 0.3) is 10.9 Å². The Morgan fingerprint density at radius 2 is 1.38 bits per heavy atom. The highest BCUT2D eigenvalue weighted by atomic mass is 79.9. The molecule has 5 aromatic rings. The third-order valence-electron chi connectivity index (χ3n) is 6.37. The van der Waals surface area contributed by atoms with Gasteiger partial charge < -0.3 is 5.11 Å². The van der Waals surface area contributed by atoms with Gasteiger partial charge in [-0.1, -0.05) is 31.9 Å². The number of aromatic hydroxyl groups is 1. The lowest BCUT2D eigenvalue weighted by molar-refractivity contribution is -0.331. The first-order valence-electron chi connectivity index (χ1n) is 11.5. The Balaban J connectivity index is 1.77. The van der Waals surface area contributed by atoms with E-state index in [1.54, 1.807) is 24.3 Å². The molecule has 1 aliphatic rings. The van der Waals surface area contributed by atoms with Crippen LogP contribution in [0.2, 0.25) is 0 Å². The van der Waals surface area contributed by atoms with Gasteiger partial charge >= 0.3 is 5.91 Å². The minimum atomic E-state index is -0.545. The summed E-state index contributed by atoms with van der Waals surface area (Å²) < 4.78 is 4.68. The van der Waals surface area contributed by atoms with Crippen LogP contribution in [0.3, 0.4) is 0 Å². The minimum Gasteiger partial charge on any atom is -0.505 e. The first-order chi connectivity index (χ1) is 19.2. The van der Waals surface area contributed by atoms with E-state index >= 15 is 0 Å². The van der Waals surface area contributed by atoms with Crippen molar-refractivity contribution in [1.82, 2.24) is 14.5 Å². The number of hydrogen-bond acceptors (Lipinski definition) is 6. The predicted octanol–water partition coefficient (Wildman–Crippen LogP) is 7.05. The summed E-state index contributed by atoms with van der Waals surface area (Å²) in [5.74, 6) is -1.95. The number of carbonyl (C=O) groups excluding carboxylic acids is 3. The van der Waals surface area contributed by atoms with E-state index < -0.39 is 17.6 Å². The molecule has 0 bridgehead atoms. The molecule has 0 radical (unpaired) electrons. The summed E-state index contributed by atoms with van der Waals surface area (Å²) in [4.78, 5) is 50.3. The van der Waals surface area contributed by atoms with Crippen LogP contribution in [0.4, 0.5) is 5.69 Å². The van der Waals surface area contributed by atoms with Gasteiger partial charge in [-0.2, -0.15) is 0 Å². The smallest absolute Gasteiger partial charge is 0.426 e. The Morgan fingerprint density at radius 3 is 2.02 bits per heavy atom. The Kier molecular flexibility index (Phi) is 6.89. The molecule has 0 fully saturated rings. The standard InChI is InChI=1S/C28H12Br4N4O4/c29-15-9-17-21(19(31)11-15)35(27(39)13-1-5-33-6-2-13)23(25(17)37)24-26(38)18-10-16(30)12-20(32)22(18)36(24)28(40)14-3-7-34-8-4-14/h1-12H/p+1. The van der Waals surface area contributed by atoms with Crippen molar-refractivity contribution >= 4 is 104 Å². The molecule has 12 heteroatoms. The largest absolute Gasteiger partial charge is 0.505 e. The number of amides is 1. The van der Waals surface area contributed by atoms with Gasteiger partial charge in [0.1, 0.15) is 5.56 Å². The number of nitrogens with zero attached hydrogens (tertiary/aromatic N) is 4. The van der Waals surface area contributed by atoms with Crippen molar-refractivity contribution in [2.75, 3.05) is 0 Å². The SMILES string of the molecule is O=C1C(c2c(O)c3cc(Br)cc(Br)c3n2C(=O)c2ccncc2)=[N+](C(=O)c2ccncc2)c2c(Br)cc(Br)cc21. The van der Waals surface area contributed by atoms with E-state index in [0.29, 0.717) is 28.8 Å². The average Bonchev–Trinajstić information content (AvgIpc) is 3.39. The Morgan fingerprint density at radius 1 is 0.800 bits per heavy atom. The molecule has 2 aromatic carbocycles. The number of pyridine rings is 2. The maximum absolute atomic E-state index is 14.2. The minimum absolute atomic E-state index is 0.123. The molecule has 40 heavy (non-hydrogen) atoms. The van der Waals surface area contributed by atoms with Gasteiger partial charge in [0.25, 0.3) is 17.4 Å². The van der Waals surface area contributed by atoms with Crippen LogP contribution in [0, 0.1) is 0 Å². The summed E-state index contributed by atoms with van der Waals surface area (Å²) in [5, 5.41) is 12.0. The number of hydrogen-bond donors (Lipinski definition) is 1. The summed E-state index contributed by atoms with van der Waals surface area (Å²) in [6.07, 6.45) is 5.89. The van der Waals surface area contributed by atoms with Gasteiger partial charge in [-0.15, -0.1) is 4.58 Å². The highest BCUT2D eigenvalue weighted by Gasteiger charge is 2.49. The lowest BCUT2D eigenvalue weighted by Crippen LogP contribution is -2.29. The van der Waals surface area contributed by atoms with Crippen LogP contribution in [-0.2, 0) is 0 Å². The lowest BCUT2D eigenvalue weighted by Gasteiger charge is -2.09. The normalized spacial score (nSPS) is 12.8. The van der Waals surface area contributed by atoms with Gasteiger partial charge in [-0.05, 0) is 80.4 Å². The number of halogens is 4. The van der Waals surface area contributed by atoms with Crippen LogP contribution < -0.4 is 0 Å². The molecule has 4 heterocycles. The Bertz CT molecular complexity index is 1950. The fourth-order valence-electron chi connectivity index (χ4n) is 4.71. The highest BCUT2D eigenvalue weighted by molar-refractivity contribution is 9.11. The molecule has 3 aromatic heterocycles. The molecule has 196 valence electrons. The summed E-state index contributed by atoms with van der Waals surface area (Å²) in [6.45, 7) is 0. The molecule has 0 spiro atoms. The van der Waals surface area contributed by atoms with E-state index in [2.05, 4.69) is 73.7 Å². The molecule has 0 aliphatic carbocycles. The molecule has 1 aliphatic heterocycles. The van der Waals surface area contributed by atoms with Crippen molar-refractivity contribution in [2.45, 2.75) is 0 Å². The van der Waals surface area contributed by atoms with Gasteiger partial charge in [-0.3, -0.25) is 24.1 Å². The molecular weight excluding hydrogens is 776 g/mol. The fraction of sp³-hybridized carbons (Fsp3) is 0. The second kappa shape index (κ2) is 10.3. The van der Waals surface area contributed by atoms with Crippen molar-refractivity contribution in [1.29, 1.82) is 0 Å². The van der Waals surface area contributed by atoms with Crippen molar-refractivity contribution < 1.29 is 24.1 Å². The van der Waals surface area contributed by atoms with E-state index in [-0.39, 0.29) is 39.5 Å². The number of aromatic nitrogens is 3. The first kappa shape index (κ1) is 26.9. The van der Waals surface area contributed by atoms with E-state index in [1.165, 1.54) is 58.2 Å². The third-order valence-corrected chi connectivity index (χ3v) is 8.50. The second-order valence-electron chi connectivity index (χ2n) is 8.70. The molecule has 8 nitrogen and oxygen atoms in total. The summed E-state index contributed by atoms with van der Waals surface area (Å²) in [6, 6.07) is 12.8. The van der Waals surface area contributed by atoms with Crippen molar-refractivity contribution in [2.24, 2.45) is 0 Å². The molecule has 0 unspecified atom stereocenters. The maximum Gasteiger partial charge on any atom is 0.426 e. The lowest BCUT2D eigenvalue weighted by atomic mass is 10.1. The van der Waals surface area contributed by atoms with Gasteiger partial charge in [0, 0.05) is 49.2 Å². The van der Waals surface area contributed by atoms with Crippen molar-refractivity contribution in [3.8, 4) is 5.75 Å². The first-order valence-corrected chi connectivity index (χ1v) is 14.7. The number of benzene rings is 2. The van der Waals surface area contributed by atoms with Crippen LogP contribution in [0.5, 0.6) is 5.75 Å². The Labute approximate surface area is 259 Å². The molecule has 6 rings (SSSR count). The van der Waals surface area contributed by atoms with E-state index in [1.807, 2.05) is 0 Å². The predicted molar refractivity (Wildman–Crippen MR) is 162 cm³/mol. The molecule has 0 atom stereocenters. The van der Waals surface area contributed by atoms with Gasteiger partial charge in [-0.25, -0.2) is 4.79 Å². The zero-order chi connectivity index (χ0) is 28.3. The number of carbonyl (C=O) groups is 3. The van der Waals surface area contributed by atoms with Crippen LogP contribution in [-0.4, -0.2) is 47.5 Å². The highest BCUT2D eigenvalue weighted by Crippen LogP contribution is 2.44. The molecule has 0 saturated carbocycles. The number of Topliss-reactive ketones (excluding diaryl/α,β-unsaturated/α-hetero) is 1. The van der Waals surface area contributed by atoms with Crippen molar-refractivity contribution in [3.63, 3.8) is 0 Å². The van der Waals surface area contributed by atoms with Crippen LogP contribution in [0.15, 0.2) is 91.2 Å². The molecule has 1 N–H and O–H groups in total. The van der Waals surface area contributed by atoms with Crippen molar-refractivity contribution in [3.05, 3.63) is 114 Å². The number of ketones is 1. The average molecular weight is 789 g/mol. The van der Waals surface area contributed by atoms with Gasteiger partial charge in [0.05, 0.1) is 15.6 Å². The van der Waals surface area contributed by atoms with E-state index in [9.17, 15) is 19.5 Å². The third kappa shape index (κ3) is 4.21. The fourth-order valence-corrected chi connectivity index (χ4v) is 7.52. The molecule has 1 amide bonds. The topological polar surface area (TPSA) is 105 Å². The van der Waals surface area contributed by atoms with E-state index in [0.717, 1.165) is 0 Å². The molecule has 0 saturated heterocycles. The number of fused-ring (bicyclic) bond motifs is 2. The Hall–Kier alpha value is -3.32. The summed E-state index contributed by atoms with van der Waals surface area (Å²) >= 11 is 13.9. The monoisotopic (exact) mass is 785 g/mol. The van der Waals surface area contributed by atoms with E-state index in [4.69, 9.17) is 0 Å². The van der Waals surface area contributed by atoms with Gasteiger partial charge in [0.15, 0.2) is 11.4 Å². The summed E-state index contributed by atoms with van der Waals surface area (Å²) in [7, 11) is 0. The zero-order valence-corrected chi connectivity index (χ0v) is 26.2. The summed E-state index contributed by atoms with van der Waals surface area (Å²) in [5.41, 5.74) is 1.06. The number of rotatable bonds is 3. The second-order valence-corrected chi connectivity index (χ2v) is 12.2. The maximum atomic E-state index is 14.2. The van der Waals surface area contributed by atoms with Crippen LogP contribution in [0.1, 0.15) is 36.8 Å². The quantitative estimate of drug-likeness (QED) is 0.197. The molecular formula is C28H13Br4N4O4+. The van der Waals surface area contributed by atoms with Gasteiger partial charge in [0.2, 0.25) is 5.69 Å².